The van der Waals surface area contributed by atoms with Gasteiger partial charge in [0.05, 0.1) is 6.61 Å². The fourth-order valence-corrected chi connectivity index (χ4v) is 7.69. The molecule has 0 radical (unpaired) electrons. The Bertz CT molecular complexity index is 877. The Morgan fingerprint density at radius 1 is 0.829 bits per heavy atom. The predicted octanol–water partition coefficient (Wildman–Crippen LogP) is 8.87. The van der Waals surface area contributed by atoms with E-state index in [-0.39, 0.29) is 19.1 Å². The predicted molar refractivity (Wildman–Crippen MR) is 171 cm³/mol. The van der Waals surface area contributed by atoms with Crippen LogP contribution in [-0.4, -0.2) is 61.8 Å². The first kappa shape index (κ1) is 36.3. The number of ether oxygens (including phenoxy) is 3. The Labute approximate surface area is 255 Å². The van der Waals surface area contributed by atoms with Crippen LogP contribution in [0.15, 0.2) is 10.8 Å². The van der Waals surface area contributed by atoms with Crippen LogP contribution in [0.4, 0.5) is 0 Å². The van der Waals surface area contributed by atoms with E-state index in [1.54, 1.807) is 0 Å². The molecule has 0 aliphatic carbocycles. The topological polar surface area (TPSA) is 85.3 Å². The van der Waals surface area contributed by atoms with Crippen LogP contribution in [0.3, 0.4) is 0 Å². The summed E-state index contributed by atoms with van der Waals surface area (Å²) < 4.78 is 55.3. The fourth-order valence-electron chi connectivity index (χ4n) is 5.77. The normalized spacial score (nSPS) is 16.8. The Morgan fingerprint density at radius 3 is 1.95 bits per heavy atom. The molecular formula is C32H59NO6S2. The molecule has 0 bridgehead atoms. The molecule has 0 amide bonds. The molecule has 9 heteroatoms. The smallest absolute Gasteiger partial charge is 0.284 e. The molecular weight excluding hydrogens is 558 g/mol. The zero-order chi connectivity index (χ0) is 29.8. The minimum atomic E-state index is -4.36. The van der Waals surface area contributed by atoms with Crippen molar-refractivity contribution >= 4 is 21.5 Å². The maximum atomic E-state index is 13.3. The van der Waals surface area contributed by atoms with Gasteiger partial charge in [0.2, 0.25) is 0 Å². The van der Waals surface area contributed by atoms with Crippen molar-refractivity contribution in [2.24, 2.45) is 0 Å². The average molecular weight is 618 g/mol. The summed E-state index contributed by atoms with van der Waals surface area (Å²) in [6, 6.07) is 0. The summed E-state index contributed by atoms with van der Waals surface area (Å²) in [5.41, 5.74) is 0. The van der Waals surface area contributed by atoms with Gasteiger partial charge < -0.3 is 14.2 Å². The Morgan fingerprint density at radius 2 is 1.37 bits per heavy atom. The summed E-state index contributed by atoms with van der Waals surface area (Å²) >= 11 is 1.54. The maximum Gasteiger partial charge on any atom is 0.284 e. The highest BCUT2D eigenvalue weighted by molar-refractivity contribution is 7.87. The summed E-state index contributed by atoms with van der Waals surface area (Å²) in [6.07, 6.45) is 18.1. The van der Waals surface area contributed by atoms with Crippen molar-refractivity contribution in [2.75, 3.05) is 32.9 Å². The molecule has 1 aromatic rings. The SMILES string of the molecule is CCCCCCCCN(CCCCCCCC)C(CCCCCC)(CCOCC1COc2cscc2O1)S(=O)(=O)O. The van der Waals surface area contributed by atoms with Gasteiger partial charge in [-0.25, -0.2) is 0 Å². The maximum absolute atomic E-state index is 13.3. The molecule has 2 atom stereocenters. The monoisotopic (exact) mass is 617 g/mol. The third kappa shape index (κ3) is 13.1. The van der Waals surface area contributed by atoms with E-state index in [1.165, 1.54) is 62.7 Å². The number of rotatable bonds is 26. The Kier molecular flexibility index (Phi) is 18.5. The van der Waals surface area contributed by atoms with E-state index >= 15 is 0 Å². The molecule has 0 aromatic carbocycles. The lowest BCUT2D eigenvalue weighted by Gasteiger charge is -2.42. The quantitative estimate of drug-likeness (QED) is 0.0821. The average Bonchev–Trinajstić information content (AvgIpc) is 3.42. The van der Waals surface area contributed by atoms with Crippen LogP contribution in [0.25, 0.3) is 0 Å². The molecule has 0 fully saturated rings. The van der Waals surface area contributed by atoms with E-state index in [4.69, 9.17) is 14.2 Å². The van der Waals surface area contributed by atoms with Crippen molar-refractivity contribution in [1.82, 2.24) is 4.90 Å². The third-order valence-corrected chi connectivity index (χ3v) is 10.6. The van der Waals surface area contributed by atoms with E-state index in [0.29, 0.717) is 32.7 Å². The molecule has 2 unspecified atom stereocenters. The van der Waals surface area contributed by atoms with Crippen LogP contribution in [0.2, 0.25) is 0 Å². The molecule has 240 valence electrons. The molecule has 41 heavy (non-hydrogen) atoms. The van der Waals surface area contributed by atoms with Gasteiger partial charge in [-0.15, -0.1) is 11.3 Å². The summed E-state index contributed by atoms with van der Waals surface area (Å²) in [5.74, 6) is 1.51. The number of hydrogen-bond donors (Lipinski definition) is 1. The second kappa shape index (κ2) is 20.9. The van der Waals surface area contributed by atoms with Gasteiger partial charge >= 0.3 is 0 Å². The van der Waals surface area contributed by atoms with Crippen molar-refractivity contribution in [3.63, 3.8) is 0 Å². The highest BCUT2D eigenvalue weighted by atomic mass is 32.2. The van der Waals surface area contributed by atoms with Gasteiger partial charge in [0.1, 0.15) is 6.61 Å². The van der Waals surface area contributed by atoms with E-state index in [2.05, 4.69) is 25.7 Å². The highest BCUT2D eigenvalue weighted by Crippen LogP contribution is 2.36. The van der Waals surface area contributed by atoms with E-state index in [0.717, 1.165) is 62.9 Å². The van der Waals surface area contributed by atoms with Crippen molar-refractivity contribution in [3.05, 3.63) is 10.8 Å². The van der Waals surface area contributed by atoms with Gasteiger partial charge in [0.15, 0.2) is 22.5 Å². The molecule has 2 rings (SSSR count). The van der Waals surface area contributed by atoms with Crippen molar-refractivity contribution in [2.45, 2.75) is 147 Å². The zero-order valence-electron chi connectivity index (χ0n) is 26.2. The highest BCUT2D eigenvalue weighted by Gasteiger charge is 2.47. The van der Waals surface area contributed by atoms with E-state index in [1.807, 2.05) is 10.8 Å². The van der Waals surface area contributed by atoms with Crippen LogP contribution in [0.5, 0.6) is 11.5 Å². The summed E-state index contributed by atoms with van der Waals surface area (Å²) in [4.78, 5) is 0.799. The second-order valence-electron chi connectivity index (χ2n) is 11.7. The molecule has 1 aromatic heterocycles. The first-order valence-corrected chi connectivity index (χ1v) is 18.9. The third-order valence-electron chi connectivity index (χ3n) is 8.29. The lowest BCUT2D eigenvalue weighted by Crippen LogP contribution is -2.55. The first-order valence-electron chi connectivity index (χ1n) is 16.5. The van der Waals surface area contributed by atoms with Crippen molar-refractivity contribution in [3.8, 4) is 11.5 Å². The van der Waals surface area contributed by atoms with Crippen LogP contribution in [0, 0.1) is 0 Å². The Balaban J connectivity index is 2.10. The van der Waals surface area contributed by atoms with Gasteiger partial charge in [-0.1, -0.05) is 111 Å². The van der Waals surface area contributed by atoms with Crippen LogP contribution < -0.4 is 9.47 Å². The molecule has 1 N–H and O–H groups in total. The lowest BCUT2D eigenvalue weighted by atomic mass is 10.0. The zero-order valence-corrected chi connectivity index (χ0v) is 27.9. The minimum absolute atomic E-state index is 0.232. The summed E-state index contributed by atoms with van der Waals surface area (Å²) in [6.45, 7) is 8.95. The lowest BCUT2D eigenvalue weighted by molar-refractivity contribution is -0.00191. The Hall–Kier alpha value is -0.870. The summed E-state index contributed by atoms with van der Waals surface area (Å²) in [7, 11) is -4.36. The van der Waals surface area contributed by atoms with Gasteiger partial charge in [0, 0.05) is 23.8 Å². The van der Waals surface area contributed by atoms with Crippen molar-refractivity contribution in [1.29, 1.82) is 0 Å². The van der Waals surface area contributed by atoms with Crippen LogP contribution in [-0.2, 0) is 14.9 Å². The van der Waals surface area contributed by atoms with E-state index in [9.17, 15) is 13.0 Å². The van der Waals surface area contributed by atoms with Gasteiger partial charge in [-0.05, 0) is 32.4 Å². The molecule has 7 nitrogen and oxygen atoms in total. The van der Waals surface area contributed by atoms with E-state index < -0.39 is 15.0 Å². The number of unbranched alkanes of at least 4 members (excludes halogenated alkanes) is 13. The molecule has 0 saturated carbocycles. The largest absolute Gasteiger partial charge is 0.485 e. The standard InChI is InChI=1S/C32H59NO6S2/c1-4-7-10-13-15-18-22-33(23-19-16-14-11-8-5-2)32(41(34,35)36,20-17-12-9-6-3)21-24-37-25-29-26-38-30-27-40-28-31(30)39-29/h27-29H,4-26H2,1-3H3,(H,34,35,36). The van der Waals surface area contributed by atoms with Gasteiger partial charge in [-0.2, -0.15) is 8.42 Å². The first-order chi connectivity index (χ1) is 19.9. The molecule has 2 heterocycles. The number of thiophene rings is 1. The minimum Gasteiger partial charge on any atom is -0.485 e. The van der Waals surface area contributed by atoms with Gasteiger partial charge in [0.25, 0.3) is 10.1 Å². The van der Waals surface area contributed by atoms with Crippen LogP contribution >= 0.6 is 11.3 Å². The van der Waals surface area contributed by atoms with Crippen LogP contribution in [0.1, 0.15) is 136 Å². The molecule has 1 aliphatic rings. The molecule has 0 spiro atoms. The fraction of sp³-hybridized carbons (Fsp3) is 0.875. The van der Waals surface area contributed by atoms with Crippen molar-refractivity contribution < 1.29 is 27.2 Å². The number of fused-ring (bicyclic) bond motifs is 1. The number of nitrogens with zero attached hydrogens (tertiary/aromatic N) is 1. The van der Waals surface area contributed by atoms with Gasteiger partial charge in [-0.3, -0.25) is 9.45 Å². The second-order valence-corrected chi connectivity index (χ2v) is 14.2. The number of hydrogen-bond acceptors (Lipinski definition) is 7. The molecule has 0 saturated heterocycles. The molecule has 1 aliphatic heterocycles. The summed E-state index contributed by atoms with van der Waals surface area (Å²) in [5, 5.41) is 3.84.